The number of allylic oxidation sites excluding steroid dienone is 2. The summed E-state index contributed by atoms with van der Waals surface area (Å²) in [5.41, 5.74) is 3.33. The first-order chi connectivity index (χ1) is 16.0. The molecular weight excluding hydrogens is 421 g/mol. The number of aromatic hydroxyl groups is 1. The number of carbonyl (C=O) groups excluding carboxylic acids is 1. The van der Waals surface area contributed by atoms with Crippen LogP contribution in [0.25, 0.3) is 10.9 Å². The third-order valence-electron chi connectivity index (χ3n) is 5.38. The van der Waals surface area contributed by atoms with Gasteiger partial charge in [0, 0.05) is 25.2 Å². The van der Waals surface area contributed by atoms with Gasteiger partial charge in [0.15, 0.2) is 11.4 Å². The van der Waals surface area contributed by atoms with E-state index in [4.69, 9.17) is 4.74 Å². The molecule has 0 saturated carbocycles. The van der Waals surface area contributed by atoms with Crippen molar-refractivity contribution in [2.45, 2.75) is 25.7 Å². The maximum absolute atomic E-state index is 13.2. The summed E-state index contributed by atoms with van der Waals surface area (Å²) >= 11 is 0. The van der Waals surface area contributed by atoms with Gasteiger partial charge in [-0.1, -0.05) is 24.1 Å². The number of hydrogen-bond acceptors (Lipinski definition) is 5. The lowest BCUT2D eigenvalue weighted by molar-refractivity contribution is 0.0929. The van der Waals surface area contributed by atoms with Gasteiger partial charge in [0.2, 0.25) is 0 Å². The van der Waals surface area contributed by atoms with Crippen LogP contribution in [0.2, 0.25) is 0 Å². The molecule has 3 aromatic rings. The average Bonchev–Trinajstić information content (AvgIpc) is 3.34. The van der Waals surface area contributed by atoms with E-state index < -0.39 is 5.91 Å². The van der Waals surface area contributed by atoms with Crippen molar-refractivity contribution in [3.05, 3.63) is 76.5 Å². The van der Waals surface area contributed by atoms with Gasteiger partial charge in [-0.2, -0.15) is 0 Å². The van der Waals surface area contributed by atoms with Crippen molar-refractivity contribution < 1.29 is 19.0 Å². The van der Waals surface area contributed by atoms with Gasteiger partial charge in [0.05, 0.1) is 6.61 Å². The Balaban J connectivity index is 1.76. The van der Waals surface area contributed by atoms with E-state index in [1.54, 1.807) is 18.3 Å². The van der Waals surface area contributed by atoms with Crippen LogP contribution in [0.3, 0.4) is 0 Å². The van der Waals surface area contributed by atoms with Gasteiger partial charge >= 0.3 is 0 Å². The summed E-state index contributed by atoms with van der Waals surface area (Å²) in [5, 5.41) is 14.0. The predicted octanol–water partition coefficient (Wildman–Crippen LogP) is 3.90. The quantitative estimate of drug-likeness (QED) is 0.444. The molecule has 0 bridgehead atoms. The molecule has 2 N–H and O–H groups in total. The van der Waals surface area contributed by atoms with Crippen LogP contribution in [-0.4, -0.2) is 41.2 Å². The molecule has 1 aromatic carbocycles. The van der Waals surface area contributed by atoms with Crippen LogP contribution in [0.15, 0.2) is 48.2 Å². The van der Waals surface area contributed by atoms with E-state index in [0.717, 1.165) is 36.0 Å². The Morgan fingerprint density at radius 2 is 2.06 bits per heavy atom. The predicted molar refractivity (Wildman–Crippen MR) is 123 cm³/mol. The van der Waals surface area contributed by atoms with Crippen molar-refractivity contribution in [3.8, 4) is 17.6 Å². The Kier molecular flexibility index (Phi) is 6.96. The number of nitrogens with zero attached hydrogens (tertiary/aromatic N) is 2. The lowest BCUT2D eigenvalue weighted by Gasteiger charge is -2.11. The summed E-state index contributed by atoms with van der Waals surface area (Å²) in [6.07, 6.45) is 7.26. The van der Waals surface area contributed by atoms with Gasteiger partial charge in [-0.3, -0.25) is 9.78 Å². The molecule has 7 heteroatoms. The Morgan fingerprint density at radius 1 is 1.24 bits per heavy atom. The fourth-order valence-electron chi connectivity index (χ4n) is 3.68. The first kappa shape index (κ1) is 22.4. The normalized spacial score (nSPS) is 12.8. The van der Waals surface area contributed by atoms with E-state index in [9.17, 15) is 14.3 Å². The summed E-state index contributed by atoms with van der Waals surface area (Å²) in [4.78, 5) is 21.5. The van der Waals surface area contributed by atoms with Gasteiger partial charge in [0.25, 0.3) is 5.91 Å². The van der Waals surface area contributed by atoms with E-state index in [2.05, 4.69) is 33.2 Å². The number of hydrogen-bond donors (Lipinski definition) is 2. The lowest BCUT2D eigenvalue weighted by atomic mass is 10.0. The number of carbonyl (C=O) groups is 1. The zero-order chi connectivity index (χ0) is 23.2. The topological polar surface area (TPSA) is 84.3 Å². The Morgan fingerprint density at radius 3 is 2.79 bits per heavy atom. The number of amides is 1. The number of nitrogens with one attached hydrogen (secondary N) is 1. The third kappa shape index (κ3) is 5.36. The van der Waals surface area contributed by atoms with Gasteiger partial charge in [-0.25, -0.2) is 9.37 Å². The van der Waals surface area contributed by atoms with Crippen molar-refractivity contribution in [2.75, 3.05) is 20.3 Å². The van der Waals surface area contributed by atoms with Crippen LogP contribution in [0, 0.1) is 17.7 Å². The molecule has 0 radical (unpaired) electrons. The zero-order valence-corrected chi connectivity index (χ0v) is 18.3. The highest BCUT2D eigenvalue weighted by Gasteiger charge is 2.20. The molecule has 33 heavy (non-hydrogen) atoms. The number of ether oxygens (including phenoxy) is 1. The van der Waals surface area contributed by atoms with Crippen LogP contribution in [-0.2, 0) is 11.2 Å². The summed E-state index contributed by atoms with van der Waals surface area (Å²) in [6, 6.07) is 8.12. The fourth-order valence-corrected chi connectivity index (χ4v) is 3.68. The first-order valence-electron chi connectivity index (χ1n) is 10.8. The summed E-state index contributed by atoms with van der Waals surface area (Å²) in [6.45, 7) is 0.623. The molecule has 168 valence electrons. The molecular formula is C26H24FN3O3. The molecule has 6 nitrogen and oxygen atoms in total. The van der Waals surface area contributed by atoms with Crippen LogP contribution in [0.4, 0.5) is 4.39 Å². The average molecular weight is 445 g/mol. The Labute approximate surface area is 191 Å². The molecule has 2 aromatic heterocycles. The number of methoxy groups -OCH3 is 1. The minimum atomic E-state index is -0.522. The van der Waals surface area contributed by atoms with Crippen molar-refractivity contribution in [2.24, 2.45) is 0 Å². The highest BCUT2D eigenvalue weighted by Crippen LogP contribution is 2.29. The molecule has 0 saturated heterocycles. The van der Waals surface area contributed by atoms with Crippen molar-refractivity contribution in [1.82, 2.24) is 15.3 Å². The zero-order valence-electron chi connectivity index (χ0n) is 18.3. The van der Waals surface area contributed by atoms with Crippen molar-refractivity contribution in [1.29, 1.82) is 0 Å². The second-order valence-electron chi connectivity index (χ2n) is 7.82. The lowest BCUT2D eigenvalue weighted by Crippen LogP contribution is -2.28. The molecule has 0 aliphatic heterocycles. The summed E-state index contributed by atoms with van der Waals surface area (Å²) in [7, 11) is 1.54. The van der Waals surface area contributed by atoms with E-state index >= 15 is 0 Å². The minimum Gasteiger partial charge on any atom is -0.504 e. The molecule has 1 aliphatic rings. The van der Waals surface area contributed by atoms with Crippen molar-refractivity contribution in [3.63, 3.8) is 0 Å². The maximum atomic E-state index is 13.2. The van der Waals surface area contributed by atoms with Gasteiger partial charge in [0.1, 0.15) is 17.0 Å². The third-order valence-corrected chi connectivity index (χ3v) is 5.38. The van der Waals surface area contributed by atoms with Gasteiger partial charge in [-0.05, 0) is 66.5 Å². The van der Waals surface area contributed by atoms with E-state index in [0.29, 0.717) is 24.1 Å². The molecule has 0 unspecified atom stereocenters. The molecule has 0 spiro atoms. The van der Waals surface area contributed by atoms with Gasteiger partial charge < -0.3 is 15.2 Å². The molecule has 2 heterocycles. The molecule has 0 atom stereocenters. The first-order valence-corrected chi connectivity index (χ1v) is 10.8. The van der Waals surface area contributed by atoms with Crippen molar-refractivity contribution >= 4 is 16.8 Å². The smallest absolute Gasteiger partial charge is 0.273 e. The fraction of sp³-hybridized carbons (Fsp3) is 0.269. The molecule has 0 fully saturated rings. The number of rotatable bonds is 6. The van der Waals surface area contributed by atoms with Gasteiger partial charge in [-0.15, -0.1) is 0 Å². The highest BCUT2D eigenvalue weighted by molar-refractivity contribution is 6.01. The van der Waals surface area contributed by atoms with E-state index in [1.165, 1.54) is 19.2 Å². The largest absolute Gasteiger partial charge is 0.504 e. The van der Waals surface area contributed by atoms with E-state index in [1.807, 2.05) is 6.07 Å². The number of pyridine rings is 2. The van der Waals surface area contributed by atoms with Crippen LogP contribution in [0.1, 0.15) is 46.6 Å². The maximum Gasteiger partial charge on any atom is 0.273 e. The number of fused-ring (bicyclic) bond motifs is 1. The van der Waals surface area contributed by atoms with Crippen LogP contribution >= 0.6 is 0 Å². The second-order valence-corrected chi connectivity index (χ2v) is 7.82. The molecule has 1 aliphatic carbocycles. The molecule has 1 amide bonds. The molecule has 4 rings (SSSR count). The number of benzene rings is 1. The van der Waals surface area contributed by atoms with Crippen LogP contribution < -0.4 is 5.32 Å². The summed E-state index contributed by atoms with van der Waals surface area (Å²) in [5.74, 6) is 5.13. The Bertz CT molecular complexity index is 1270. The summed E-state index contributed by atoms with van der Waals surface area (Å²) < 4.78 is 18.2. The second kappa shape index (κ2) is 10.2. The number of halogens is 1. The monoisotopic (exact) mass is 445 g/mol. The highest BCUT2D eigenvalue weighted by atomic mass is 19.1. The number of aromatic nitrogens is 2. The SMILES string of the molecule is COCCNC(=O)c1nc(C#CC2=CCCC2)c2cc(Cc3ccc(F)cc3)cnc2c1O. The Hall–Kier alpha value is -3.76. The van der Waals surface area contributed by atoms with E-state index in [-0.39, 0.29) is 29.3 Å². The minimum absolute atomic E-state index is 0.123. The van der Waals surface area contributed by atoms with Crippen LogP contribution in [0.5, 0.6) is 5.75 Å². The standard InChI is InChI=1S/C26H24FN3O3/c1-33-13-12-28-26(32)24-25(31)23-21(22(30-24)11-8-17-4-2-3-5-17)15-19(16-29-23)14-18-6-9-20(27)10-7-18/h4,6-7,9-10,15-16,31H,2-3,5,12-14H2,1H3,(H,28,32).